The zero-order valence-electron chi connectivity index (χ0n) is 15.1. The highest BCUT2D eigenvalue weighted by molar-refractivity contribution is 5.79. The molecule has 2 rings (SSSR count). The number of guanidine groups is 1. The smallest absolute Gasteiger partial charge is 0.218 e. The standard InChI is InChI=1S/C19H26N4O2/c1-4-24-17-11-7-6-9-15(17)13-22-19(20-3)23-14-16-10-8-12-21-18(16)25-5-2/h6-12H,4-5,13-14H2,1-3H3,(H2,20,22,23). The van der Waals surface area contributed by atoms with E-state index in [1.165, 1.54) is 0 Å². The van der Waals surface area contributed by atoms with Gasteiger partial charge in [-0.25, -0.2) is 4.98 Å². The van der Waals surface area contributed by atoms with Crippen molar-refractivity contribution in [3.05, 3.63) is 53.7 Å². The summed E-state index contributed by atoms with van der Waals surface area (Å²) in [6.07, 6.45) is 1.73. The first-order chi connectivity index (χ1) is 12.3. The molecule has 1 aromatic carbocycles. The van der Waals surface area contributed by atoms with Gasteiger partial charge in [-0.15, -0.1) is 0 Å². The molecule has 0 saturated heterocycles. The number of hydrogen-bond donors (Lipinski definition) is 2. The second-order valence-electron chi connectivity index (χ2n) is 5.22. The predicted molar refractivity (Wildman–Crippen MR) is 100 cm³/mol. The van der Waals surface area contributed by atoms with Crippen LogP contribution >= 0.6 is 0 Å². The Labute approximate surface area is 149 Å². The summed E-state index contributed by atoms with van der Waals surface area (Å²) in [6.45, 7) is 6.37. The molecule has 0 aliphatic heterocycles. The molecule has 1 aromatic heterocycles. The number of benzene rings is 1. The van der Waals surface area contributed by atoms with Gasteiger partial charge in [-0.2, -0.15) is 0 Å². The molecular weight excluding hydrogens is 316 g/mol. The molecule has 6 nitrogen and oxygen atoms in total. The van der Waals surface area contributed by atoms with Gasteiger partial charge in [0, 0.05) is 37.5 Å². The molecule has 0 aliphatic rings. The summed E-state index contributed by atoms with van der Waals surface area (Å²) in [7, 11) is 1.75. The maximum Gasteiger partial charge on any atom is 0.218 e. The van der Waals surface area contributed by atoms with E-state index in [-0.39, 0.29) is 0 Å². The highest BCUT2D eigenvalue weighted by Crippen LogP contribution is 2.17. The third kappa shape index (κ3) is 5.67. The van der Waals surface area contributed by atoms with Crippen LogP contribution in [0.5, 0.6) is 11.6 Å². The first kappa shape index (κ1) is 18.6. The highest BCUT2D eigenvalue weighted by atomic mass is 16.5. The predicted octanol–water partition coefficient (Wildman–Crippen LogP) is 2.74. The fourth-order valence-corrected chi connectivity index (χ4v) is 2.35. The fourth-order valence-electron chi connectivity index (χ4n) is 2.35. The topological polar surface area (TPSA) is 67.8 Å². The molecule has 2 aromatic rings. The minimum Gasteiger partial charge on any atom is -0.494 e. The van der Waals surface area contributed by atoms with Crippen LogP contribution in [0.15, 0.2) is 47.6 Å². The number of pyridine rings is 1. The van der Waals surface area contributed by atoms with Crippen molar-refractivity contribution in [2.24, 2.45) is 4.99 Å². The number of nitrogens with zero attached hydrogens (tertiary/aromatic N) is 2. The zero-order valence-corrected chi connectivity index (χ0v) is 15.1. The Hall–Kier alpha value is -2.76. The van der Waals surface area contributed by atoms with Crippen LogP contribution in [0.2, 0.25) is 0 Å². The van der Waals surface area contributed by atoms with Crippen molar-refractivity contribution in [1.82, 2.24) is 15.6 Å². The second-order valence-corrected chi connectivity index (χ2v) is 5.22. The first-order valence-corrected chi connectivity index (χ1v) is 8.50. The lowest BCUT2D eigenvalue weighted by Crippen LogP contribution is -2.36. The van der Waals surface area contributed by atoms with Crippen molar-refractivity contribution in [2.45, 2.75) is 26.9 Å². The monoisotopic (exact) mass is 342 g/mol. The average Bonchev–Trinajstić information content (AvgIpc) is 2.64. The SMILES string of the molecule is CCOc1ccccc1CNC(=NC)NCc1cccnc1OCC. The minimum absolute atomic E-state index is 0.579. The van der Waals surface area contributed by atoms with Gasteiger partial charge in [-0.05, 0) is 26.0 Å². The van der Waals surface area contributed by atoms with Gasteiger partial charge in [0.05, 0.1) is 13.2 Å². The van der Waals surface area contributed by atoms with Crippen molar-refractivity contribution in [1.29, 1.82) is 0 Å². The summed E-state index contributed by atoms with van der Waals surface area (Å²) in [5, 5.41) is 6.59. The summed E-state index contributed by atoms with van der Waals surface area (Å²) in [6, 6.07) is 11.9. The van der Waals surface area contributed by atoms with Crippen LogP contribution in [0.3, 0.4) is 0 Å². The van der Waals surface area contributed by atoms with Gasteiger partial charge >= 0.3 is 0 Å². The van der Waals surface area contributed by atoms with Gasteiger partial charge in [0.25, 0.3) is 0 Å². The normalized spacial score (nSPS) is 11.1. The van der Waals surface area contributed by atoms with Crippen molar-refractivity contribution < 1.29 is 9.47 Å². The molecule has 0 aliphatic carbocycles. The van der Waals surface area contributed by atoms with Crippen LogP contribution in [0, 0.1) is 0 Å². The van der Waals surface area contributed by atoms with E-state index in [9.17, 15) is 0 Å². The Kier molecular flexibility index (Phi) is 7.56. The largest absolute Gasteiger partial charge is 0.494 e. The number of para-hydroxylation sites is 1. The van der Waals surface area contributed by atoms with Gasteiger partial charge in [-0.1, -0.05) is 24.3 Å². The number of aromatic nitrogens is 1. The van der Waals surface area contributed by atoms with E-state index in [2.05, 4.69) is 20.6 Å². The quantitative estimate of drug-likeness (QED) is 0.570. The van der Waals surface area contributed by atoms with Crippen molar-refractivity contribution in [2.75, 3.05) is 20.3 Å². The van der Waals surface area contributed by atoms with Gasteiger partial charge in [0.15, 0.2) is 5.96 Å². The van der Waals surface area contributed by atoms with Crippen LogP contribution in [-0.2, 0) is 13.1 Å². The number of rotatable bonds is 8. The van der Waals surface area contributed by atoms with Crippen LogP contribution in [0.4, 0.5) is 0 Å². The Morgan fingerprint density at radius 1 is 0.960 bits per heavy atom. The zero-order chi connectivity index (χ0) is 17.9. The van der Waals surface area contributed by atoms with E-state index in [4.69, 9.17) is 9.47 Å². The summed E-state index contributed by atoms with van der Waals surface area (Å²) >= 11 is 0. The van der Waals surface area contributed by atoms with E-state index in [0.29, 0.717) is 38.1 Å². The molecule has 2 N–H and O–H groups in total. The third-order valence-electron chi connectivity index (χ3n) is 3.52. The van der Waals surface area contributed by atoms with E-state index in [1.54, 1.807) is 13.2 Å². The molecule has 0 saturated carbocycles. The molecule has 0 radical (unpaired) electrons. The summed E-state index contributed by atoms with van der Waals surface area (Å²) in [5.41, 5.74) is 2.07. The fraction of sp³-hybridized carbons (Fsp3) is 0.368. The third-order valence-corrected chi connectivity index (χ3v) is 3.52. The Morgan fingerprint density at radius 3 is 2.36 bits per heavy atom. The lowest BCUT2D eigenvalue weighted by Gasteiger charge is -2.15. The average molecular weight is 342 g/mol. The van der Waals surface area contributed by atoms with Crippen molar-refractivity contribution in [3.63, 3.8) is 0 Å². The highest BCUT2D eigenvalue weighted by Gasteiger charge is 2.07. The van der Waals surface area contributed by atoms with E-state index in [1.807, 2.05) is 50.2 Å². The molecule has 0 amide bonds. The summed E-state index contributed by atoms with van der Waals surface area (Å²) in [4.78, 5) is 8.52. The molecule has 6 heteroatoms. The maximum atomic E-state index is 5.65. The summed E-state index contributed by atoms with van der Waals surface area (Å²) < 4.78 is 11.2. The molecular formula is C19H26N4O2. The van der Waals surface area contributed by atoms with Gasteiger partial charge in [0.1, 0.15) is 5.75 Å². The van der Waals surface area contributed by atoms with E-state index >= 15 is 0 Å². The molecule has 0 unspecified atom stereocenters. The number of ether oxygens (including phenoxy) is 2. The second kappa shape index (κ2) is 10.2. The van der Waals surface area contributed by atoms with Crippen molar-refractivity contribution in [3.8, 4) is 11.6 Å². The molecule has 1 heterocycles. The lowest BCUT2D eigenvalue weighted by molar-refractivity contribution is 0.322. The molecule has 0 atom stereocenters. The molecule has 134 valence electrons. The van der Waals surface area contributed by atoms with Crippen LogP contribution in [0.25, 0.3) is 0 Å². The Bertz CT molecular complexity index is 633. The maximum absolute atomic E-state index is 5.65. The van der Waals surface area contributed by atoms with Crippen LogP contribution < -0.4 is 20.1 Å². The Balaban J connectivity index is 1.94. The lowest BCUT2D eigenvalue weighted by atomic mass is 10.2. The van der Waals surface area contributed by atoms with E-state index < -0.39 is 0 Å². The molecule has 0 spiro atoms. The van der Waals surface area contributed by atoms with Crippen LogP contribution in [0.1, 0.15) is 25.0 Å². The summed E-state index contributed by atoms with van der Waals surface area (Å²) in [5.74, 6) is 2.24. The Morgan fingerprint density at radius 2 is 1.64 bits per heavy atom. The number of nitrogens with one attached hydrogen (secondary N) is 2. The van der Waals surface area contributed by atoms with Gasteiger partial charge < -0.3 is 20.1 Å². The minimum atomic E-state index is 0.579. The van der Waals surface area contributed by atoms with Crippen molar-refractivity contribution >= 4 is 5.96 Å². The molecule has 25 heavy (non-hydrogen) atoms. The van der Waals surface area contributed by atoms with Gasteiger partial charge in [0.2, 0.25) is 5.88 Å². The van der Waals surface area contributed by atoms with Gasteiger partial charge in [-0.3, -0.25) is 4.99 Å². The molecule has 0 bridgehead atoms. The van der Waals surface area contributed by atoms with Crippen LogP contribution in [-0.4, -0.2) is 31.2 Å². The number of aliphatic imine (C=N–C) groups is 1. The first-order valence-electron chi connectivity index (χ1n) is 8.50. The number of hydrogen-bond acceptors (Lipinski definition) is 4. The molecule has 0 fully saturated rings. The van der Waals surface area contributed by atoms with E-state index in [0.717, 1.165) is 16.9 Å².